The first-order chi connectivity index (χ1) is 13.5. The van der Waals surface area contributed by atoms with E-state index in [1.165, 1.54) is 16.0 Å². The van der Waals surface area contributed by atoms with Crippen molar-refractivity contribution in [2.45, 2.75) is 13.0 Å². The van der Waals surface area contributed by atoms with E-state index in [0.717, 1.165) is 18.7 Å². The molecule has 2 amide bonds. The molecule has 6 nitrogen and oxygen atoms in total. The van der Waals surface area contributed by atoms with Crippen molar-refractivity contribution >= 4 is 29.1 Å². The fourth-order valence-corrected chi connectivity index (χ4v) is 3.40. The molecular weight excluding hydrogens is 378 g/mol. The molecule has 0 saturated carbocycles. The number of nitrogens with one attached hydrogen (secondary N) is 1. The van der Waals surface area contributed by atoms with Gasteiger partial charge in [-0.2, -0.15) is 0 Å². The smallest absolute Gasteiger partial charge is 0.244 e. The first kappa shape index (κ1) is 20.2. The van der Waals surface area contributed by atoms with Crippen molar-refractivity contribution in [3.8, 4) is 5.75 Å². The van der Waals surface area contributed by atoms with E-state index in [-0.39, 0.29) is 24.9 Å². The lowest BCUT2D eigenvalue weighted by atomic mass is 9.99. The predicted molar refractivity (Wildman–Crippen MR) is 110 cm³/mol. The van der Waals surface area contributed by atoms with Crippen molar-refractivity contribution < 1.29 is 14.3 Å². The quantitative estimate of drug-likeness (QED) is 0.808. The SMILES string of the molecule is COc1ccc2c(c1)CN(CC(=O)N(C)CC(=O)Nc1ccccc1Cl)CC2. The Morgan fingerprint density at radius 3 is 2.75 bits per heavy atom. The molecule has 148 valence electrons. The Morgan fingerprint density at radius 2 is 2.00 bits per heavy atom. The topological polar surface area (TPSA) is 61.9 Å². The monoisotopic (exact) mass is 401 g/mol. The van der Waals surface area contributed by atoms with Gasteiger partial charge in [-0.25, -0.2) is 0 Å². The molecule has 0 spiro atoms. The number of ether oxygens (including phenoxy) is 1. The second-order valence-corrected chi connectivity index (χ2v) is 7.28. The number of halogens is 1. The lowest BCUT2D eigenvalue weighted by molar-refractivity contribution is -0.134. The minimum atomic E-state index is -0.280. The number of carbonyl (C=O) groups is 2. The van der Waals surface area contributed by atoms with Gasteiger partial charge in [0.25, 0.3) is 0 Å². The highest BCUT2D eigenvalue weighted by Gasteiger charge is 2.21. The molecule has 0 bridgehead atoms. The third-order valence-corrected chi connectivity index (χ3v) is 5.15. The number of carbonyl (C=O) groups excluding carboxylic acids is 2. The summed E-state index contributed by atoms with van der Waals surface area (Å²) in [7, 11) is 3.28. The maximum absolute atomic E-state index is 12.6. The zero-order chi connectivity index (χ0) is 20.1. The molecule has 1 aliphatic rings. The average Bonchev–Trinajstić information content (AvgIpc) is 2.69. The van der Waals surface area contributed by atoms with Gasteiger partial charge in [-0.05, 0) is 41.8 Å². The number of rotatable bonds is 6. The summed E-state index contributed by atoms with van der Waals surface area (Å²) < 4.78 is 5.29. The standard InChI is InChI=1S/C21H24ClN3O3/c1-24(13-20(26)23-19-6-4-3-5-18(19)22)21(27)14-25-10-9-15-7-8-17(28-2)11-16(15)12-25/h3-8,11H,9-10,12-14H2,1-2H3,(H,23,26). The largest absolute Gasteiger partial charge is 0.497 e. The molecule has 0 radical (unpaired) electrons. The van der Waals surface area contributed by atoms with Crippen molar-refractivity contribution in [3.63, 3.8) is 0 Å². The van der Waals surface area contributed by atoms with E-state index in [9.17, 15) is 9.59 Å². The molecule has 0 aliphatic carbocycles. The Labute approximate surface area is 170 Å². The summed E-state index contributed by atoms with van der Waals surface area (Å²) in [5.41, 5.74) is 3.01. The van der Waals surface area contributed by atoms with Crippen LogP contribution in [0.3, 0.4) is 0 Å². The number of methoxy groups -OCH3 is 1. The van der Waals surface area contributed by atoms with Crippen LogP contribution in [0.25, 0.3) is 0 Å². The first-order valence-corrected chi connectivity index (χ1v) is 9.50. The Bertz CT molecular complexity index is 872. The van der Waals surface area contributed by atoms with Crippen molar-refractivity contribution in [1.29, 1.82) is 0 Å². The molecule has 1 N–H and O–H groups in total. The van der Waals surface area contributed by atoms with E-state index < -0.39 is 0 Å². The predicted octanol–water partition coefficient (Wildman–Crippen LogP) is 2.80. The lowest BCUT2D eigenvalue weighted by Gasteiger charge is -2.29. The molecule has 0 aromatic heterocycles. The third kappa shape index (κ3) is 5.03. The van der Waals surface area contributed by atoms with Crippen LogP contribution in [0.2, 0.25) is 5.02 Å². The van der Waals surface area contributed by atoms with Crippen LogP contribution in [0, 0.1) is 0 Å². The Hall–Kier alpha value is -2.57. The number of hydrogen-bond donors (Lipinski definition) is 1. The van der Waals surface area contributed by atoms with Crippen LogP contribution < -0.4 is 10.1 Å². The number of fused-ring (bicyclic) bond motifs is 1. The molecule has 3 rings (SSSR count). The van der Waals surface area contributed by atoms with Gasteiger partial charge in [-0.15, -0.1) is 0 Å². The number of likely N-dealkylation sites (N-methyl/N-ethyl adjacent to an activating group) is 1. The Balaban J connectivity index is 1.53. The highest BCUT2D eigenvalue weighted by atomic mass is 35.5. The van der Waals surface area contributed by atoms with Gasteiger partial charge in [0.2, 0.25) is 11.8 Å². The van der Waals surface area contributed by atoms with E-state index >= 15 is 0 Å². The molecule has 0 atom stereocenters. The molecule has 0 fully saturated rings. The molecule has 0 saturated heterocycles. The lowest BCUT2D eigenvalue weighted by Crippen LogP contribution is -2.43. The average molecular weight is 402 g/mol. The van der Waals surface area contributed by atoms with Gasteiger partial charge in [0, 0.05) is 20.1 Å². The number of benzene rings is 2. The van der Waals surface area contributed by atoms with Crippen LogP contribution in [0.5, 0.6) is 5.75 Å². The van der Waals surface area contributed by atoms with Crippen LogP contribution >= 0.6 is 11.6 Å². The molecule has 1 aliphatic heterocycles. The highest BCUT2D eigenvalue weighted by Crippen LogP contribution is 2.24. The molecule has 0 unspecified atom stereocenters. The second kappa shape index (κ2) is 9.08. The van der Waals surface area contributed by atoms with Crippen molar-refractivity contribution in [2.24, 2.45) is 0 Å². The zero-order valence-corrected chi connectivity index (χ0v) is 16.8. The Kier molecular flexibility index (Phi) is 6.54. The summed E-state index contributed by atoms with van der Waals surface area (Å²) in [6.45, 7) is 1.75. The fraction of sp³-hybridized carbons (Fsp3) is 0.333. The van der Waals surface area contributed by atoms with Gasteiger partial charge in [0.1, 0.15) is 5.75 Å². The zero-order valence-electron chi connectivity index (χ0n) is 16.1. The molecule has 28 heavy (non-hydrogen) atoms. The molecule has 1 heterocycles. The summed E-state index contributed by atoms with van der Waals surface area (Å²) in [6, 6.07) is 13.1. The van der Waals surface area contributed by atoms with E-state index in [1.54, 1.807) is 38.4 Å². The van der Waals surface area contributed by atoms with Crippen molar-refractivity contribution in [2.75, 3.05) is 39.1 Å². The Morgan fingerprint density at radius 1 is 1.21 bits per heavy atom. The van der Waals surface area contributed by atoms with Crippen molar-refractivity contribution in [1.82, 2.24) is 9.80 Å². The van der Waals surface area contributed by atoms with Crippen LogP contribution in [0.1, 0.15) is 11.1 Å². The van der Waals surface area contributed by atoms with Crippen molar-refractivity contribution in [3.05, 3.63) is 58.6 Å². The van der Waals surface area contributed by atoms with E-state index in [4.69, 9.17) is 16.3 Å². The maximum atomic E-state index is 12.6. The fourth-order valence-electron chi connectivity index (χ4n) is 3.22. The molecule has 2 aromatic rings. The normalized spacial score (nSPS) is 13.5. The van der Waals surface area contributed by atoms with Gasteiger partial charge in [0.15, 0.2) is 0 Å². The van der Waals surface area contributed by atoms with E-state index in [1.807, 2.05) is 12.1 Å². The van der Waals surface area contributed by atoms with E-state index in [2.05, 4.69) is 16.3 Å². The highest BCUT2D eigenvalue weighted by molar-refractivity contribution is 6.33. The summed E-state index contributed by atoms with van der Waals surface area (Å²) in [5, 5.41) is 3.20. The van der Waals surface area contributed by atoms with Gasteiger partial charge in [-0.1, -0.05) is 29.8 Å². The minimum Gasteiger partial charge on any atom is -0.497 e. The van der Waals surface area contributed by atoms with Gasteiger partial charge >= 0.3 is 0 Å². The molecule has 7 heteroatoms. The molecule has 2 aromatic carbocycles. The number of hydrogen-bond acceptors (Lipinski definition) is 4. The van der Waals surface area contributed by atoms with Crippen LogP contribution in [-0.4, -0.2) is 55.4 Å². The summed E-state index contributed by atoms with van der Waals surface area (Å²) >= 11 is 6.05. The molecular formula is C21H24ClN3O3. The summed E-state index contributed by atoms with van der Waals surface area (Å²) in [6.07, 6.45) is 0.892. The second-order valence-electron chi connectivity index (χ2n) is 6.87. The van der Waals surface area contributed by atoms with Crippen LogP contribution in [-0.2, 0) is 22.6 Å². The maximum Gasteiger partial charge on any atom is 0.244 e. The number of para-hydroxylation sites is 1. The van der Waals surface area contributed by atoms with Gasteiger partial charge < -0.3 is 15.0 Å². The minimum absolute atomic E-state index is 0.0255. The number of anilines is 1. The van der Waals surface area contributed by atoms with Crippen LogP contribution in [0.15, 0.2) is 42.5 Å². The third-order valence-electron chi connectivity index (χ3n) is 4.82. The number of amides is 2. The summed E-state index contributed by atoms with van der Waals surface area (Å²) in [5.74, 6) is 0.443. The first-order valence-electron chi connectivity index (χ1n) is 9.12. The van der Waals surface area contributed by atoms with Crippen LogP contribution in [0.4, 0.5) is 5.69 Å². The van der Waals surface area contributed by atoms with Gasteiger partial charge in [0.05, 0.1) is 30.9 Å². The number of nitrogens with zero attached hydrogens (tertiary/aromatic N) is 2. The van der Waals surface area contributed by atoms with E-state index in [0.29, 0.717) is 17.3 Å². The summed E-state index contributed by atoms with van der Waals surface area (Å²) in [4.78, 5) is 28.3. The van der Waals surface area contributed by atoms with Gasteiger partial charge in [-0.3, -0.25) is 14.5 Å².